The molecular weight excluding hydrogens is 296 g/mol. The Morgan fingerprint density at radius 2 is 2.00 bits per heavy atom. The summed E-state index contributed by atoms with van der Waals surface area (Å²) in [5.41, 5.74) is 1.32. The molecule has 5 heteroatoms. The molecule has 0 radical (unpaired) electrons. The first-order chi connectivity index (χ1) is 10.2. The molecule has 0 spiro atoms. The molecule has 1 fully saturated rings. The van der Waals surface area contributed by atoms with Crippen LogP contribution in [0.4, 0.5) is 5.82 Å². The highest BCUT2D eigenvalue weighted by Gasteiger charge is 2.18. The van der Waals surface area contributed by atoms with Gasteiger partial charge in [-0.05, 0) is 57.5 Å². The molecule has 1 atom stereocenters. The second-order valence-electron chi connectivity index (χ2n) is 5.94. The van der Waals surface area contributed by atoms with Gasteiger partial charge in [0.05, 0.1) is 0 Å². The molecule has 126 valence electrons. The molecule has 1 N–H and O–H groups in total. The van der Waals surface area contributed by atoms with E-state index in [0.717, 1.165) is 32.0 Å². The van der Waals surface area contributed by atoms with Crippen molar-refractivity contribution in [1.29, 1.82) is 0 Å². The second-order valence-corrected chi connectivity index (χ2v) is 5.94. The predicted octanol–water partition coefficient (Wildman–Crippen LogP) is 2.92. The Hall–Kier alpha value is -0.840. The van der Waals surface area contributed by atoms with Crippen LogP contribution < -0.4 is 10.2 Å². The summed E-state index contributed by atoms with van der Waals surface area (Å²) in [6, 6.07) is 5.08. The van der Waals surface area contributed by atoms with Crippen molar-refractivity contribution in [3.05, 3.63) is 23.9 Å². The van der Waals surface area contributed by atoms with Crippen LogP contribution in [0.3, 0.4) is 0 Å². The normalized spacial score (nSPS) is 18.6. The second kappa shape index (κ2) is 10.0. The minimum Gasteiger partial charge on any atom is -0.360 e. The van der Waals surface area contributed by atoms with Gasteiger partial charge in [-0.1, -0.05) is 13.0 Å². The molecule has 1 unspecified atom stereocenters. The van der Waals surface area contributed by atoms with Gasteiger partial charge in [-0.25, -0.2) is 4.98 Å². The number of hydrogen-bond acceptors (Lipinski definition) is 4. The fourth-order valence-corrected chi connectivity index (χ4v) is 3.00. The van der Waals surface area contributed by atoms with E-state index in [-0.39, 0.29) is 12.4 Å². The van der Waals surface area contributed by atoms with Crippen molar-refractivity contribution in [3.63, 3.8) is 0 Å². The van der Waals surface area contributed by atoms with E-state index in [9.17, 15) is 0 Å². The van der Waals surface area contributed by atoms with Crippen molar-refractivity contribution in [2.24, 2.45) is 0 Å². The summed E-state index contributed by atoms with van der Waals surface area (Å²) in [5, 5.41) is 3.50. The molecule has 0 aromatic carbocycles. The third kappa shape index (κ3) is 5.41. The molecular formula is C17H31ClN4. The molecule has 4 nitrogen and oxygen atoms in total. The van der Waals surface area contributed by atoms with E-state index in [0.29, 0.717) is 6.04 Å². The van der Waals surface area contributed by atoms with Gasteiger partial charge in [-0.3, -0.25) is 4.90 Å². The Morgan fingerprint density at radius 1 is 1.18 bits per heavy atom. The van der Waals surface area contributed by atoms with Crippen molar-refractivity contribution in [1.82, 2.24) is 15.2 Å². The molecule has 0 bridgehead atoms. The maximum absolute atomic E-state index is 4.59. The topological polar surface area (TPSA) is 31.4 Å². The Morgan fingerprint density at radius 3 is 2.64 bits per heavy atom. The van der Waals surface area contributed by atoms with Gasteiger partial charge in [0.2, 0.25) is 0 Å². The molecule has 1 aliphatic rings. The van der Waals surface area contributed by atoms with Crippen molar-refractivity contribution >= 4 is 18.2 Å². The summed E-state index contributed by atoms with van der Waals surface area (Å²) in [6.45, 7) is 9.86. The number of nitrogens with one attached hydrogen (secondary N) is 1. The van der Waals surface area contributed by atoms with E-state index in [1.807, 2.05) is 6.20 Å². The number of hydrogen-bond donors (Lipinski definition) is 1. The number of anilines is 1. The molecule has 1 aromatic heterocycles. The van der Waals surface area contributed by atoms with Gasteiger partial charge >= 0.3 is 0 Å². The van der Waals surface area contributed by atoms with Crippen LogP contribution in [0.15, 0.2) is 18.3 Å². The van der Waals surface area contributed by atoms with Crippen molar-refractivity contribution < 1.29 is 0 Å². The van der Waals surface area contributed by atoms with E-state index >= 15 is 0 Å². The minimum atomic E-state index is 0. The molecule has 22 heavy (non-hydrogen) atoms. The van der Waals surface area contributed by atoms with Gasteiger partial charge in [0.25, 0.3) is 0 Å². The van der Waals surface area contributed by atoms with Gasteiger partial charge in [0, 0.05) is 32.4 Å². The largest absolute Gasteiger partial charge is 0.360 e. The highest BCUT2D eigenvalue weighted by atomic mass is 35.5. The predicted molar refractivity (Wildman–Crippen MR) is 97.0 cm³/mol. The molecule has 2 heterocycles. The van der Waals surface area contributed by atoms with Crippen LogP contribution in [0.25, 0.3) is 0 Å². The van der Waals surface area contributed by atoms with Crippen molar-refractivity contribution in [2.75, 3.05) is 38.1 Å². The van der Waals surface area contributed by atoms with Crippen LogP contribution in [0.5, 0.6) is 0 Å². The molecule has 1 saturated heterocycles. The Bertz CT molecular complexity index is 402. The summed E-state index contributed by atoms with van der Waals surface area (Å²) < 4.78 is 0. The first-order valence-corrected chi connectivity index (χ1v) is 8.35. The van der Waals surface area contributed by atoms with Crippen LogP contribution >= 0.6 is 12.4 Å². The lowest BCUT2D eigenvalue weighted by Crippen LogP contribution is -2.35. The van der Waals surface area contributed by atoms with E-state index < -0.39 is 0 Å². The maximum atomic E-state index is 4.59. The lowest BCUT2D eigenvalue weighted by Gasteiger charge is -2.30. The number of halogens is 1. The van der Waals surface area contributed by atoms with Crippen LogP contribution in [-0.4, -0.2) is 49.2 Å². The maximum Gasteiger partial charge on any atom is 0.128 e. The van der Waals surface area contributed by atoms with Crippen LogP contribution in [-0.2, 0) is 6.54 Å². The average Bonchev–Trinajstić information content (AvgIpc) is 2.81. The van der Waals surface area contributed by atoms with E-state index in [2.05, 4.69) is 53.1 Å². The summed E-state index contributed by atoms with van der Waals surface area (Å²) in [4.78, 5) is 9.36. The molecule has 1 aliphatic heterocycles. The monoisotopic (exact) mass is 326 g/mol. The summed E-state index contributed by atoms with van der Waals surface area (Å²) >= 11 is 0. The zero-order valence-corrected chi connectivity index (χ0v) is 15.0. The van der Waals surface area contributed by atoms with Crippen LogP contribution in [0.1, 0.15) is 38.7 Å². The first-order valence-electron chi connectivity index (χ1n) is 8.35. The molecule has 0 aliphatic carbocycles. The van der Waals surface area contributed by atoms with Gasteiger partial charge in [0.15, 0.2) is 0 Å². The SMILES string of the molecule is CCN(C)c1ccc(CN(CC)C2CCCNCC2)cn1.Cl. The lowest BCUT2D eigenvalue weighted by atomic mass is 10.1. The highest BCUT2D eigenvalue weighted by Crippen LogP contribution is 2.17. The fraction of sp³-hybridized carbons (Fsp3) is 0.706. The fourth-order valence-electron chi connectivity index (χ4n) is 3.00. The third-order valence-electron chi connectivity index (χ3n) is 4.53. The minimum absolute atomic E-state index is 0. The number of aromatic nitrogens is 1. The Kier molecular flexibility index (Phi) is 8.76. The summed E-state index contributed by atoms with van der Waals surface area (Å²) in [7, 11) is 2.08. The molecule has 1 aromatic rings. The Balaban J connectivity index is 0.00000242. The summed E-state index contributed by atoms with van der Waals surface area (Å²) in [5.74, 6) is 1.06. The van der Waals surface area contributed by atoms with Crippen molar-refractivity contribution in [2.45, 2.75) is 45.7 Å². The molecule has 0 amide bonds. The quantitative estimate of drug-likeness (QED) is 0.871. The van der Waals surface area contributed by atoms with Gasteiger partial charge in [-0.2, -0.15) is 0 Å². The van der Waals surface area contributed by atoms with Crippen LogP contribution in [0, 0.1) is 0 Å². The van der Waals surface area contributed by atoms with Gasteiger partial charge < -0.3 is 10.2 Å². The standard InChI is InChI=1S/C17H30N4.ClH/c1-4-20(3)17-9-8-15(13-19-17)14-21(5-2)16-7-6-11-18-12-10-16;/h8-9,13,16,18H,4-7,10-12,14H2,1-3H3;1H. The van der Waals surface area contributed by atoms with E-state index in [4.69, 9.17) is 0 Å². The Labute approximate surface area is 141 Å². The highest BCUT2D eigenvalue weighted by molar-refractivity contribution is 5.85. The van der Waals surface area contributed by atoms with Crippen molar-refractivity contribution in [3.8, 4) is 0 Å². The first kappa shape index (κ1) is 19.2. The zero-order valence-electron chi connectivity index (χ0n) is 14.2. The molecule has 0 saturated carbocycles. The lowest BCUT2D eigenvalue weighted by molar-refractivity contribution is 0.182. The number of nitrogens with zero attached hydrogens (tertiary/aromatic N) is 3. The van der Waals surface area contributed by atoms with E-state index in [1.165, 1.54) is 31.4 Å². The van der Waals surface area contributed by atoms with Gasteiger partial charge in [0.1, 0.15) is 5.82 Å². The zero-order chi connectivity index (χ0) is 15.1. The molecule has 2 rings (SSSR count). The average molecular weight is 327 g/mol. The van der Waals surface area contributed by atoms with Gasteiger partial charge in [-0.15, -0.1) is 12.4 Å². The van der Waals surface area contributed by atoms with E-state index in [1.54, 1.807) is 0 Å². The number of rotatable bonds is 6. The van der Waals surface area contributed by atoms with Crippen LogP contribution in [0.2, 0.25) is 0 Å². The smallest absolute Gasteiger partial charge is 0.128 e. The number of pyridine rings is 1. The summed E-state index contributed by atoms with van der Waals surface area (Å²) in [6.07, 6.45) is 5.90. The third-order valence-corrected chi connectivity index (χ3v) is 4.53.